The van der Waals surface area contributed by atoms with Crippen LogP contribution in [0.5, 0.6) is 11.5 Å². The predicted molar refractivity (Wildman–Crippen MR) is 141 cm³/mol. The fraction of sp³-hybridized carbons (Fsp3) is 0.414. The maximum Gasteiger partial charge on any atom is 0.233 e. The number of aromatic amines is 1. The molecule has 8 nitrogen and oxygen atoms in total. The summed E-state index contributed by atoms with van der Waals surface area (Å²) in [6.45, 7) is 5.79. The fourth-order valence-electron chi connectivity index (χ4n) is 5.16. The van der Waals surface area contributed by atoms with Crippen molar-refractivity contribution in [2.75, 3.05) is 26.8 Å². The molecule has 0 saturated carbocycles. The zero-order valence-corrected chi connectivity index (χ0v) is 21.8. The van der Waals surface area contributed by atoms with Gasteiger partial charge in [0.05, 0.1) is 41.3 Å². The second kappa shape index (κ2) is 11.2. The van der Waals surface area contributed by atoms with E-state index < -0.39 is 11.0 Å². The van der Waals surface area contributed by atoms with Gasteiger partial charge in [0.15, 0.2) is 0 Å². The zero-order chi connectivity index (χ0) is 26.5. The number of amides is 1. The van der Waals surface area contributed by atoms with Crippen LogP contribution in [0.2, 0.25) is 0 Å². The van der Waals surface area contributed by atoms with E-state index in [1.807, 2.05) is 42.2 Å². The molecule has 0 spiro atoms. The van der Waals surface area contributed by atoms with Crippen molar-refractivity contribution < 1.29 is 14.3 Å². The standard InChI is InChI=1S/C29H35N5O3/c1-4-29(12-5-6-13-34(27(29)35)14-15-36-3)23-8-7-9-24(16-23)37-25-17-22(11-10-21(25)18-30)28(2,31)26-19-32-20-33-26/h7-11,16-17,19-20H,4-6,12-15,31H2,1-3H3,(H,32,33). The van der Waals surface area contributed by atoms with Gasteiger partial charge < -0.3 is 25.1 Å². The van der Waals surface area contributed by atoms with Crippen LogP contribution in [0.15, 0.2) is 55.0 Å². The van der Waals surface area contributed by atoms with Crippen LogP contribution in [0.1, 0.15) is 61.9 Å². The van der Waals surface area contributed by atoms with Gasteiger partial charge in [0, 0.05) is 20.2 Å². The number of carbonyl (C=O) groups excluding carboxylic acids is 1. The number of H-pyrrole nitrogens is 1. The van der Waals surface area contributed by atoms with Crippen LogP contribution < -0.4 is 10.5 Å². The minimum atomic E-state index is -0.852. The molecule has 1 aliphatic rings. The molecule has 0 bridgehead atoms. The molecule has 0 aliphatic carbocycles. The summed E-state index contributed by atoms with van der Waals surface area (Å²) < 4.78 is 11.5. The van der Waals surface area contributed by atoms with E-state index in [0.717, 1.165) is 42.6 Å². The van der Waals surface area contributed by atoms with E-state index >= 15 is 0 Å². The lowest BCUT2D eigenvalue weighted by atomic mass is 9.73. The number of nitrogens with one attached hydrogen (secondary N) is 1. The van der Waals surface area contributed by atoms with Gasteiger partial charge in [-0.2, -0.15) is 5.26 Å². The minimum absolute atomic E-state index is 0.139. The van der Waals surface area contributed by atoms with E-state index in [9.17, 15) is 10.1 Å². The normalized spacial score (nSPS) is 19.6. The first-order valence-electron chi connectivity index (χ1n) is 12.7. The molecule has 2 atom stereocenters. The summed E-state index contributed by atoms with van der Waals surface area (Å²) in [5, 5.41) is 9.74. The zero-order valence-electron chi connectivity index (χ0n) is 21.8. The quantitative estimate of drug-likeness (QED) is 0.442. The van der Waals surface area contributed by atoms with Crippen molar-refractivity contribution >= 4 is 5.91 Å². The summed E-state index contributed by atoms with van der Waals surface area (Å²) in [4.78, 5) is 22.9. The number of likely N-dealkylation sites (tertiary alicyclic amines) is 1. The maximum absolute atomic E-state index is 13.8. The number of aromatic nitrogens is 2. The number of hydrogen-bond donors (Lipinski definition) is 2. The number of carbonyl (C=O) groups is 1. The Morgan fingerprint density at radius 3 is 2.81 bits per heavy atom. The number of rotatable bonds is 9. The Bertz CT molecular complexity index is 1260. The van der Waals surface area contributed by atoms with Crippen molar-refractivity contribution in [3.8, 4) is 17.6 Å². The molecule has 1 amide bonds. The van der Waals surface area contributed by atoms with Crippen LogP contribution in [0.4, 0.5) is 0 Å². The largest absolute Gasteiger partial charge is 0.456 e. The molecule has 1 fully saturated rings. The molecule has 0 radical (unpaired) electrons. The van der Waals surface area contributed by atoms with Gasteiger partial charge in [-0.3, -0.25) is 4.79 Å². The third-order valence-electron chi connectivity index (χ3n) is 7.52. The number of methoxy groups -OCH3 is 1. The Morgan fingerprint density at radius 2 is 2.11 bits per heavy atom. The summed E-state index contributed by atoms with van der Waals surface area (Å²) in [5.74, 6) is 1.12. The minimum Gasteiger partial charge on any atom is -0.456 e. The highest BCUT2D eigenvalue weighted by Gasteiger charge is 2.42. The van der Waals surface area contributed by atoms with Crippen molar-refractivity contribution in [1.29, 1.82) is 5.26 Å². The van der Waals surface area contributed by atoms with Gasteiger partial charge in [-0.1, -0.05) is 31.5 Å². The summed E-state index contributed by atoms with van der Waals surface area (Å²) >= 11 is 0. The van der Waals surface area contributed by atoms with Gasteiger partial charge in [0.25, 0.3) is 0 Å². The van der Waals surface area contributed by atoms with Gasteiger partial charge in [0.1, 0.15) is 17.6 Å². The van der Waals surface area contributed by atoms with Crippen LogP contribution in [0.25, 0.3) is 0 Å². The summed E-state index contributed by atoms with van der Waals surface area (Å²) in [7, 11) is 1.66. The van der Waals surface area contributed by atoms with E-state index in [1.54, 1.807) is 31.8 Å². The Morgan fingerprint density at radius 1 is 1.27 bits per heavy atom. The van der Waals surface area contributed by atoms with Crippen LogP contribution in [0, 0.1) is 11.3 Å². The number of ether oxygens (including phenoxy) is 2. The topological polar surface area (TPSA) is 117 Å². The molecule has 2 aromatic carbocycles. The lowest BCUT2D eigenvalue weighted by Gasteiger charge is -2.35. The highest BCUT2D eigenvalue weighted by Crippen LogP contribution is 2.40. The molecule has 1 aliphatic heterocycles. The van der Waals surface area contributed by atoms with Crippen LogP contribution >= 0.6 is 0 Å². The Labute approximate surface area is 218 Å². The van der Waals surface area contributed by atoms with Gasteiger partial charge in [0.2, 0.25) is 5.91 Å². The van der Waals surface area contributed by atoms with Crippen LogP contribution in [-0.2, 0) is 20.5 Å². The molecule has 37 heavy (non-hydrogen) atoms. The number of nitrogens with two attached hydrogens (primary N) is 1. The molecular weight excluding hydrogens is 466 g/mol. The first-order chi connectivity index (χ1) is 17.9. The van der Waals surface area contributed by atoms with E-state index in [0.29, 0.717) is 36.6 Å². The second-order valence-electron chi connectivity index (χ2n) is 9.80. The molecule has 2 heterocycles. The lowest BCUT2D eigenvalue weighted by molar-refractivity contribution is -0.137. The van der Waals surface area contributed by atoms with Gasteiger partial charge in [-0.15, -0.1) is 0 Å². The molecule has 8 heteroatoms. The number of benzene rings is 2. The number of hydrogen-bond acceptors (Lipinski definition) is 6. The molecule has 1 aromatic heterocycles. The summed E-state index contributed by atoms with van der Waals surface area (Å²) in [6, 6.07) is 15.2. The highest BCUT2D eigenvalue weighted by molar-refractivity contribution is 5.88. The number of nitriles is 1. The third-order valence-corrected chi connectivity index (χ3v) is 7.52. The Kier molecular flexibility index (Phi) is 7.96. The second-order valence-corrected chi connectivity index (χ2v) is 9.80. The fourth-order valence-corrected chi connectivity index (χ4v) is 5.16. The van der Waals surface area contributed by atoms with Gasteiger partial charge in [-0.25, -0.2) is 4.98 Å². The van der Waals surface area contributed by atoms with Crippen molar-refractivity contribution in [2.24, 2.45) is 5.73 Å². The van der Waals surface area contributed by atoms with Gasteiger partial charge in [-0.05, 0) is 61.6 Å². The Balaban J connectivity index is 1.68. The average molecular weight is 502 g/mol. The van der Waals surface area contributed by atoms with E-state index in [2.05, 4.69) is 23.0 Å². The van der Waals surface area contributed by atoms with Crippen molar-refractivity contribution in [2.45, 2.75) is 50.5 Å². The lowest BCUT2D eigenvalue weighted by Crippen LogP contribution is -2.46. The number of imidazole rings is 1. The maximum atomic E-state index is 13.8. The van der Waals surface area contributed by atoms with Crippen LogP contribution in [0.3, 0.4) is 0 Å². The van der Waals surface area contributed by atoms with E-state index in [1.165, 1.54) is 0 Å². The van der Waals surface area contributed by atoms with Crippen molar-refractivity contribution in [3.05, 3.63) is 77.4 Å². The first-order valence-corrected chi connectivity index (χ1v) is 12.7. The molecule has 194 valence electrons. The molecular formula is C29H35N5O3. The third kappa shape index (κ3) is 5.24. The van der Waals surface area contributed by atoms with E-state index in [-0.39, 0.29) is 5.91 Å². The predicted octanol–water partition coefficient (Wildman–Crippen LogP) is 4.60. The Hall–Kier alpha value is -3.67. The molecule has 4 rings (SSSR count). The SMILES string of the molecule is CCC1(c2cccc(Oc3cc(C(C)(N)c4cnc[nH]4)ccc3C#N)c2)CCCCN(CCOC)C1=O. The molecule has 3 N–H and O–H groups in total. The monoisotopic (exact) mass is 501 g/mol. The van der Waals surface area contributed by atoms with Crippen molar-refractivity contribution in [1.82, 2.24) is 14.9 Å². The first kappa shape index (κ1) is 26.4. The van der Waals surface area contributed by atoms with Crippen LogP contribution in [-0.4, -0.2) is 47.6 Å². The number of nitrogens with zero attached hydrogens (tertiary/aromatic N) is 3. The summed E-state index contributed by atoms with van der Waals surface area (Å²) in [6.07, 6.45) is 6.68. The van der Waals surface area contributed by atoms with E-state index in [4.69, 9.17) is 15.2 Å². The van der Waals surface area contributed by atoms with Crippen molar-refractivity contribution in [3.63, 3.8) is 0 Å². The highest BCUT2D eigenvalue weighted by atomic mass is 16.5. The summed E-state index contributed by atoms with van der Waals surface area (Å²) in [5.41, 5.74) is 8.01. The average Bonchev–Trinajstić information content (AvgIpc) is 3.41. The molecule has 3 aromatic rings. The smallest absolute Gasteiger partial charge is 0.233 e. The molecule has 1 saturated heterocycles. The molecule has 2 unspecified atom stereocenters. The van der Waals surface area contributed by atoms with Gasteiger partial charge >= 0.3 is 0 Å².